The topological polar surface area (TPSA) is 63.7 Å². The van der Waals surface area contributed by atoms with Gasteiger partial charge >= 0.3 is 5.97 Å². The molecule has 0 radical (unpaired) electrons. The van der Waals surface area contributed by atoms with Crippen molar-refractivity contribution >= 4 is 23.4 Å². The van der Waals surface area contributed by atoms with E-state index in [-0.39, 0.29) is 18.7 Å². The van der Waals surface area contributed by atoms with E-state index in [9.17, 15) is 14.4 Å². The third-order valence-corrected chi connectivity index (χ3v) is 3.88. The highest BCUT2D eigenvalue weighted by molar-refractivity contribution is 6.54. The molecule has 0 bridgehead atoms. The van der Waals surface area contributed by atoms with Gasteiger partial charge < -0.3 is 4.74 Å². The Balaban J connectivity index is 2.10. The van der Waals surface area contributed by atoms with Crippen LogP contribution in [-0.4, -0.2) is 29.2 Å². The van der Waals surface area contributed by atoms with E-state index in [1.54, 1.807) is 31.2 Å². The third kappa shape index (κ3) is 3.21. The lowest BCUT2D eigenvalue weighted by atomic mass is 10.1. The SMILES string of the molecule is CCOC(=O)C1=C(c2ccccc2)N(Cc2ccccc2)C(=O)C1=O. The molecule has 0 aliphatic carbocycles. The first kappa shape index (κ1) is 16.6. The molecule has 3 rings (SSSR count). The zero-order valence-electron chi connectivity index (χ0n) is 13.8. The zero-order chi connectivity index (χ0) is 17.8. The average molecular weight is 335 g/mol. The number of amides is 1. The molecule has 1 heterocycles. The lowest BCUT2D eigenvalue weighted by Crippen LogP contribution is -2.28. The summed E-state index contributed by atoms with van der Waals surface area (Å²) in [6, 6.07) is 18.2. The van der Waals surface area contributed by atoms with Gasteiger partial charge in [0.05, 0.1) is 18.8 Å². The summed E-state index contributed by atoms with van der Waals surface area (Å²) in [6.07, 6.45) is 0. The van der Waals surface area contributed by atoms with Gasteiger partial charge in [0.25, 0.3) is 11.7 Å². The fraction of sp³-hybridized carbons (Fsp3) is 0.150. The van der Waals surface area contributed by atoms with Crippen molar-refractivity contribution in [2.75, 3.05) is 6.61 Å². The minimum Gasteiger partial charge on any atom is -0.462 e. The summed E-state index contributed by atoms with van der Waals surface area (Å²) < 4.78 is 5.00. The molecule has 1 aliphatic rings. The maximum atomic E-state index is 12.5. The van der Waals surface area contributed by atoms with Gasteiger partial charge in [-0.15, -0.1) is 0 Å². The summed E-state index contributed by atoms with van der Waals surface area (Å²) in [5.41, 5.74) is 1.59. The van der Waals surface area contributed by atoms with E-state index < -0.39 is 17.7 Å². The van der Waals surface area contributed by atoms with Gasteiger partial charge in [0.2, 0.25) is 0 Å². The van der Waals surface area contributed by atoms with Crippen LogP contribution in [0.4, 0.5) is 0 Å². The second kappa shape index (κ2) is 7.13. The fourth-order valence-corrected chi connectivity index (χ4v) is 2.78. The van der Waals surface area contributed by atoms with Crippen LogP contribution in [0.2, 0.25) is 0 Å². The first-order valence-corrected chi connectivity index (χ1v) is 8.00. The minimum absolute atomic E-state index is 0.130. The maximum Gasteiger partial charge on any atom is 0.344 e. The van der Waals surface area contributed by atoms with E-state index >= 15 is 0 Å². The Morgan fingerprint density at radius 3 is 2.16 bits per heavy atom. The van der Waals surface area contributed by atoms with Crippen LogP contribution in [0.3, 0.4) is 0 Å². The molecule has 0 spiro atoms. The standard InChI is InChI=1S/C20H17NO4/c1-2-25-20(24)16-17(15-11-7-4-8-12-15)21(19(23)18(16)22)13-14-9-5-3-6-10-14/h3-12H,2,13H2,1H3. The number of carbonyl (C=O) groups excluding carboxylic acids is 3. The summed E-state index contributed by atoms with van der Waals surface area (Å²) in [4.78, 5) is 38.6. The largest absolute Gasteiger partial charge is 0.462 e. The number of hydrogen-bond acceptors (Lipinski definition) is 4. The first-order valence-electron chi connectivity index (χ1n) is 8.00. The predicted molar refractivity (Wildman–Crippen MR) is 92.0 cm³/mol. The molecule has 5 nitrogen and oxygen atoms in total. The van der Waals surface area contributed by atoms with E-state index in [0.717, 1.165) is 5.56 Å². The van der Waals surface area contributed by atoms with Crippen LogP contribution >= 0.6 is 0 Å². The third-order valence-electron chi connectivity index (χ3n) is 3.88. The van der Waals surface area contributed by atoms with Gasteiger partial charge in [-0.3, -0.25) is 14.5 Å². The molecule has 0 aromatic heterocycles. The highest BCUT2D eigenvalue weighted by atomic mass is 16.5. The molecule has 0 unspecified atom stereocenters. The number of esters is 1. The van der Waals surface area contributed by atoms with Gasteiger partial charge in [-0.05, 0) is 18.1 Å². The molecule has 2 aromatic rings. The maximum absolute atomic E-state index is 12.5. The molecular formula is C20H17NO4. The molecule has 1 amide bonds. The highest BCUT2D eigenvalue weighted by Gasteiger charge is 2.43. The van der Waals surface area contributed by atoms with Crippen LogP contribution in [0, 0.1) is 0 Å². The molecule has 0 fully saturated rings. The highest BCUT2D eigenvalue weighted by Crippen LogP contribution is 2.32. The Morgan fingerprint density at radius 1 is 0.960 bits per heavy atom. The lowest BCUT2D eigenvalue weighted by molar-refractivity contribution is -0.143. The molecule has 126 valence electrons. The van der Waals surface area contributed by atoms with Gasteiger partial charge in [0.1, 0.15) is 5.57 Å². The van der Waals surface area contributed by atoms with Crippen LogP contribution in [0.15, 0.2) is 66.2 Å². The van der Waals surface area contributed by atoms with Crippen molar-refractivity contribution < 1.29 is 19.1 Å². The van der Waals surface area contributed by atoms with Crippen molar-refractivity contribution in [1.29, 1.82) is 0 Å². The number of ether oxygens (including phenoxy) is 1. The fourth-order valence-electron chi connectivity index (χ4n) is 2.78. The summed E-state index contributed by atoms with van der Waals surface area (Å²) in [5, 5.41) is 0. The van der Waals surface area contributed by atoms with E-state index in [4.69, 9.17) is 4.74 Å². The first-order chi connectivity index (χ1) is 12.1. The summed E-state index contributed by atoms with van der Waals surface area (Å²) in [5.74, 6) is -2.31. The van der Waals surface area contributed by atoms with Crippen LogP contribution in [0.5, 0.6) is 0 Å². The summed E-state index contributed by atoms with van der Waals surface area (Å²) >= 11 is 0. The molecule has 1 aliphatic heterocycles. The van der Waals surface area contributed by atoms with Gasteiger partial charge in [-0.25, -0.2) is 4.79 Å². The Hall–Kier alpha value is -3.21. The quantitative estimate of drug-likeness (QED) is 0.479. The monoisotopic (exact) mass is 335 g/mol. The molecule has 0 saturated heterocycles. The van der Waals surface area contributed by atoms with E-state index in [2.05, 4.69) is 0 Å². The van der Waals surface area contributed by atoms with Gasteiger partial charge in [-0.1, -0.05) is 60.7 Å². The molecule has 2 aromatic carbocycles. The van der Waals surface area contributed by atoms with E-state index in [0.29, 0.717) is 11.3 Å². The molecular weight excluding hydrogens is 318 g/mol. The number of nitrogens with zero attached hydrogens (tertiary/aromatic N) is 1. The zero-order valence-corrected chi connectivity index (χ0v) is 13.8. The molecule has 5 heteroatoms. The van der Waals surface area contributed by atoms with Crippen LogP contribution < -0.4 is 0 Å². The minimum atomic E-state index is -0.826. The summed E-state index contributed by atoms with van der Waals surface area (Å²) in [6.45, 7) is 1.99. The van der Waals surface area contributed by atoms with Crippen molar-refractivity contribution in [2.45, 2.75) is 13.5 Å². The van der Waals surface area contributed by atoms with Crippen molar-refractivity contribution in [2.24, 2.45) is 0 Å². The van der Waals surface area contributed by atoms with Crippen molar-refractivity contribution in [1.82, 2.24) is 4.90 Å². The number of benzene rings is 2. The second-order valence-corrected chi connectivity index (χ2v) is 5.52. The average Bonchev–Trinajstić information content (AvgIpc) is 2.88. The molecule has 25 heavy (non-hydrogen) atoms. The summed E-state index contributed by atoms with van der Waals surface area (Å²) in [7, 11) is 0. The van der Waals surface area contributed by atoms with Gasteiger partial charge in [0.15, 0.2) is 0 Å². The number of carbonyl (C=O) groups is 3. The Bertz CT molecular complexity index is 841. The Kier molecular flexibility index (Phi) is 4.75. The number of hydrogen-bond donors (Lipinski definition) is 0. The smallest absolute Gasteiger partial charge is 0.344 e. The van der Waals surface area contributed by atoms with Crippen LogP contribution in [-0.2, 0) is 25.7 Å². The van der Waals surface area contributed by atoms with Gasteiger partial charge in [-0.2, -0.15) is 0 Å². The van der Waals surface area contributed by atoms with E-state index in [1.807, 2.05) is 36.4 Å². The van der Waals surface area contributed by atoms with Crippen LogP contribution in [0.1, 0.15) is 18.1 Å². The second-order valence-electron chi connectivity index (χ2n) is 5.52. The Morgan fingerprint density at radius 2 is 1.56 bits per heavy atom. The van der Waals surface area contributed by atoms with E-state index in [1.165, 1.54) is 4.90 Å². The molecule has 0 N–H and O–H groups in total. The number of ketones is 1. The number of rotatable bonds is 5. The normalized spacial score (nSPS) is 14.2. The molecule has 0 atom stereocenters. The predicted octanol–water partition coefficient (Wildman–Crippen LogP) is 2.57. The van der Waals surface area contributed by atoms with Crippen molar-refractivity contribution in [3.05, 3.63) is 77.4 Å². The molecule has 0 saturated carbocycles. The number of Topliss-reactive ketones (excluding diaryl/α,β-unsaturated/α-hetero) is 1. The van der Waals surface area contributed by atoms with Crippen LogP contribution in [0.25, 0.3) is 5.70 Å². The lowest BCUT2D eigenvalue weighted by Gasteiger charge is -2.20. The van der Waals surface area contributed by atoms with Crippen molar-refractivity contribution in [3.63, 3.8) is 0 Å². The Labute approximate surface area is 145 Å². The van der Waals surface area contributed by atoms with Gasteiger partial charge in [0, 0.05) is 0 Å². The van der Waals surface area contributed by atoms with Crippen molar-refractivity contribution in [3.8, 4) is 0 Å².